The molecule has 7 nitrogen and oxygen atoms in total. The molecule has 0 spiro atoms. The van der Waals surface area contributed by atoms with Gasteiger partial charge in [-0.15, -0.1) is 0 Å². The minimum Gasteiger partial charge on any atom is -0.366 e. The molecule has 0 aromatic carbocycles. The van der Waals surface area contributed by atoms with E-state index in [1.807, 2.05) is 25.5 Å². The predicted molar refractivity (Wildman–Crippen MR) is 127 cm³/mol. The van der Waals surface area contributed by atoms with Gasteiger partial charge in [0.05, 0.1) is 6.20 Å². The summed E-state index contributed by atoms with van der Waals surface area (Å²) in [6.45, 7) is 0.263. The van der Waals surface area contributed by atoms with Crippen molar-refractivity contribution in [3.63, 3.8) is 0 Å². The minimum absolute atomic E-state index is 0.263. The van der Waals surface area contributed by atoms with Crippen molar-refractivity contribution in [2.24, 2.45) is 7.05 Å². The fourth-order valence-corrected chi connectivity index (χ4v) is 3.94. The SMILES string of the molecule is Cn1cc(-c2cnc3[nH]cc(Cc4ccc(NCc5ccc(C(F)(F)F)nc5)nc4Cl)c3c2)cn1. The Morgan fingerprint density at radius 3 is 2.57 bits per heavy atom. The molecule has 5 rings (SSSR count). The minimum atomic E-state index is -4.46. The maximum atomic E-state index is 12.7. The number of aryl methyl sites for hydroxylation is 1. The van der Waals surface area contributed by atoms with E-state index in [2.05, 4.69) is 36.4 Å². The van der Waals surface area contributed by atoms with E-state index in [1.165, 1.54) is 12.3 Å². The fraction of sp³-hybridized carbons (Fsp3) is 0.167. The Balaban J connectivity index is 1.30. The normalized spacial score (nSPS) is 11.8. The molecular formula is C24H19ClF3N7. The molecule has 2 N–H and O–H groups in total. The Bertz CT molecular complexity index is 1490. The van der Waals surface area contributed by atoms with Gasteiger partial charge in [0.1, 0.15) is 22.3 Å². The first-order valence-corrected chi connectivity index (χ1v) is 11.0. The van der Waals surface area contributed by atoms with Crippen molar-refractivity contribution in [2.75, 3.05) is 5.32 Å². The third kappa shape index (κ3) is 4.97. The summed E-state index contributed by atoms with van der Waals surface area (Å²) in [5, 5.41) is 8.61. The van der Waals surface area contributed by atoms with Gasteiger partial charge in [0, 0.05) is 61.3 Å². The van der Waals surface area contributed by atoms with Crippen LogP contribution >= 0.6 is 11.6 Å². The summed E-state index contributed by atoms with van der Waals surface area (Å²) < 4.78 is 39.7. The zero-order valence-electron chi connectivity index (χ0n) is 18.4. The third-order valence-electron chi connectivity index (χ3n) is 5.55. The monoisotopic (exact) mass is 497 g/mol. The summed E-state index contributed by atoms with van der Waals surface area (Å²) in [7, 11) is 1.87. The van der Waals surface area contributed by atoms with Crippen LogP contribution in [0.2, 0.25) is 5.15 Å². The molecule has 0 saturated heterocycles. The second kappa shape index (κ2) is 9.03. The van der Waals surface area contributed by atoms with Gasteiger partial charge < -0.3 is 10.3 Å². The van der Waals surface area contributed by atoms with E-state index in [1.54, 1.807) is 23.1 Å². The van der Waals surface area contributed by atoms with Crippen molar-refractivity contribution >= 4 is 28.5 Å². The van der Waals surface area contributed by atoms with Gasteiger partial charge in [-0.2, -0.15) is 18.3 Å². The average molecular weight is 498 g/mol. The molecule has 0 amide bonds. The number of rotatable bonds is 6. The number of H-pyrrole nitrogens is 1. The lowest BCUT2D eigenvalue weighted by atomic mass is 10.0. The van der Waals surface area contributed by atoms with Gasteiger partial charge in [-0.1, -0.05) is 23.7 Å². The van der Waals surface area contributed by atoms with E-state index in [-0.39, 0.29) is 6.54 Å². The van der Waals surface area contributed by atoms with Crippen molar-refractivity contribution in [3.05, 3.63) is 88.9 Å². The molecule has 5 aromatic rings. The molecule has 11 heteroatoms. The Hall–Kier alpha value is -3.92. The number of anilines is 1. The van der Waals surface area contributed by atoms with E-state index in [4.69, 9.17) is 11.6 Å². The standard InChI is InChI=1S/C24H19ClF3N7/c1-35-13-18(12-33-35)16-7-19-17(11-32-23(19)31-10-16)6-15-3-5-21(34-22(15)25)30-9-14-2-4-20(29-8-14)24(26,27)28/h2-5,7-8,10-13H,6,9H2,1H3,(H,30,34)(H,31,32). The molecule has 178 valence electrons. The number of nitrogens with one attached hydrogen (secondary N) is 2. The topological polar surface area (TPSA) is 84.3 Å². The Labute approximate surface area is 203 Å². The molecular weight excluding hydrogens is 479 g/mol. The van der Waals surface area contributed by atoms with Crippen molar-refractivity contribution in [2.45, 2.75) is 19.1 Å². The van der Waals surface area contributed by atoms with E-state index >= 15 is 0 Å². The third-order valence-corrected chi connectivity index (χ3v) is 5.88. The highest BCUT2D eigenvalue weighted by Gasteiger charge is 2.31. The first-order valence-electron chi connectivity index (χ1n) is 10.6. The Kier molecular flexibility index (Phi) is 5.89. The van der Waals surface area contributed by atoms with E-state index in [0.29, 0.717) is 23.0 Å². The molecule has 5 heterocycles. The summed E-state index contributed by atoms with van der Waals surface area (Å²) in [5.74, 6) is 0.512. The zero-order chi connectivity index (χ0) is 24.6. The van der Waals surface area contributed by atoms with Crippen LogP contribution in [0, 0.1) is 0 Å². The van der Waals surface area contributed by atoms with Gasteiger partial charge in [0.2, 0.25) is 0 Å². The number of aromatic amines is 1. The van der Waals surface area contributed by atoms with Crippen LogP contribution in [0.15, 0.2) is 61.3 Å². The van der Waals surface area contributed by atoms with Crippen LogP contribution in [0.5, 0.6) is 0 Å². The quantitative estimate of drug-likeness (QED) is 0.297. The van der Waals surface area contributed by atoms with Crippen molar-refractivity contribution in [3.8, 4) is 11.1 Å². The summed E-state index contributed by atoms with van der Waals surface area (Å²) >= 11 is 6.45. The first-order chi connectivity index (χ1) is 16.8. The van der Waals surface area contributed by atoms with E-state index in [0.717, 1.165) is 39.4 Å². The smallest absolute Gasteiger partial charge is 0.366 e. The first kappa shape index (κ1) is 22.9. The fourth-order valence-electron chi connectivity index (χ4n) is 3.72. The number of hydrogen-bond donors (Lipinski definition) is 2. The number of aromatic nitrogens is 6. The molecule has 0 bridgehead atoms. The van der Waals surface area contributed by atoms with Crippen molar-refractivity contribution in [1.29, 1.82) is 0 Å². The molecule has 35 heavy (non-hydrogen) atoms. The van der Waals surface area contributed by atoms with Crippen LogP contribution in [-0.4, -0.2) is 29.7 Å². The van der Waals surface area contributed by atoms with Crippen LogP contribution in [0.1, 0.15) is 22.4 Å². The van der Waals surface area contributed by atoms with Gasteiger partial charge in [-0.25, -0.2) is 9.97 Å². The van der Waals surface area contributed by atoms with Crippen LogP contribution in [0.3, 0.4) is 0 Å². The molecule has 0 aliphatic heterocycles. The number of pyridine rings is 3. The highest BCUT2D eigenvalue weighted by atomic mass is 35.5. The number of halogens is 4. The number of alkyl halides is 3. The van der Waals surface area contributed by atoms with Crippen LogP contribution < -0.4 is 5.32 Å². The van der Waals surface area contributed by atoms with E-state index in [9.17, 15) is 13.2 Å². The number of hydrogen-bond acceptors (Lipinski definition) is 5. The molecule has 0 aliphatic rings. The molecule has 0 aliphatic carbocycles. The lowest BCUT2D eigenvalue weighted by molar-refractivity contribution is -0.141. The van der Waals surface area contributed by atoms with Crippen LogP contribution in [0.4, 0.5) is 19.0 Å². The van der Waals surface area contributed by atoms with Crippen molar-refractivity contribution in [1.82, 2.24) is 29.7 Å². The Morgan fingerprint density at radius 2 is 1.89 bits per heavy atom. The summed E-state index contributed by atoms with van der Waals surface area (Å²) in [6, 6.07) is 8.06. The molecule has 0 unspecified atom stereocenters. The van der Waals surface area contributed by atoms with Gasteiger partial charge in [-0.3, -0.25) is 9.67 Å². The molecule has 5 aromatic heterocycles. The van der Waals surface area contributed by atoms with Gasteiger partial charge in [0.25, 0.3) is 0 Å². The summed E-state index contributed by atoms with van der Waals surface area (Å²) in [5.41, 5.74) is 4.25. The number of nitrogens with zero attached hydrogens (tertiary/aromatic N) is 5. The van der Waals surface area contributed by atoms with Crippen LogP contribution in [0.25, 0.3) is 22.2 Å². The van der Waals surface area contributed by atoms with Gasteiger partial charge in [0.15, 0.2) is 0 Å². The average Bonchev–Trinajstić information content (AvgIpc) is 3.45. The lowest BCUT2D eigenvalue weighted by Gasteiger charge is -2.10. The lowest BCUT2D eigenvalue weighted by Crippen LogP contribution is -2.09. The van der Waals surface area contributed by atoms with Gasteiger partial charge in [-0.05, 0) is 34.9 Å². The molecule has 0 fully saturated rings. The largest absolute Gasteiger partial charge is 0.433 e. The highest BCUT2D eigenvalue weighted by Crippen LogP contribution is 2.29. The zero-order valence-corrected chi connectivity index (χ0v) is 19.2. The maximum Gasteiger partial charge on any atom is 0.433 e. The van der Waals surface area contributed by atoms with Crippen LogP contribution in [-0.2, 0) is 26.2 Å². The molecule has 0 atom stereocenters. The maximum absolute atomic E-state index is 12.7. The van der Waals surface area contributed by atoms with Gasteiger partial charge >= 0.3 is 6.18 Å². The second-order valence-electron chi connectivity index (χ2n) is 8.06. The predicted octanol–water partition coefficient (Wildman–Crippen LogP) is 5.63. The summed E-state index contributed by atoms with van der Waals surface area (Å²) in [6.07, 6.45) is 4.72. The number of fused-ring (bicyclic) bond motifs is 1. The highest BCUT2D eigenvalue weighted by molar-refractivity contribution is 6.30. The van der Waals surface area contributed by atoms with E-state index < -0.39 is 11.9 Å². The molecule has 0 radical (unpaired) electrons. The molecule has 0 saturated carbocycles. The summed E-state index contributed by atoms with van der Waals surface area (Å²) in [4.78, 5) is 15.6. The van der Waals surface area contributed by atoms with Crippen molar-refractivity contribution < 1.29 is 13.2 Å². The second-order valence-corrected chi connectivity index (χ2v) is 8.42. The Morgan fingerprint density at radius 1 is 1.03 bits per heavy atom.